The predicted molar refractivity (Wildman–Crippen MR) is 84.7 cm³/mol. The molecule has 5 atom stereocenters. The van der Waals surface area contributed by atoms with E-state index in [2.05, 4.69) is 13.8 Å². The van der Waals surface area contributed by atoms with E-state index in [1.54, 1.807) is 0 Å². The van der Waals surface area contributed by atoms with Crippen LogP contribution in [0.25, 0.3) is 0 Å². The van der Waals surface area contributed by atoms with Gasteiger partial charge in [0.1, 0.15) is 0 Å². The molecule has 3 rings (SSSR count). The molecule has 0 aliphatic heterocycles. The first-order valence-corrected chi connectivity index (χ1v) is 9.37. The number of fused-ring (bicyclic) bond motifs is 1. The van der Waals surface area contributed by atoms with Crippen molar-refractivity contribution < 1.29 is 4.74 Å². The van der Waals surface area contributed by atoms with E-state index in [0.29, 0.717) is 6.10 Å². The average molecular weight is 278 g/mol. The molecule has 0 heterocycles. The highest BCUT2D eigenvalue weighted by molar-refractivity contribution is 4.92. The summed E-state index contributed by atoms with van der Waals surface area (Å²) in [5, 5.41) is 0. The molecule has 0 radical (unpaired) electrons. The Morgan fingerprint density at radius 3 is 2.50 bits per heavy atom. The largest absolute Gasteiger partial charge is 0.378 e. The zero-order valence-corrected chi connectivity index (χ0v) is 13.7. The second-order valence-electron chi connectivity index (χ2n) is 7.99. The molecule has 3 aliphatic carbocycles. The van der Waals surface area contributed by atoms with Crippen LogP contribution in [0, 0.1) is 29.6 Å². The molecule has 3 saturated carbocycles. The molecule has 0 bridgehead atoms. The van der Waals surface area contributed by atoms with Gasteiger partial charge in [0.05, 0.1) is 6.10 Å². The Balaban J connectivity index is 1.39. The van der Waals surface area contributed by atoms with Crippen LogP contribution in [0.15, 0.2) is 0 Å². The average Bonchev–Trinajstić information content (AvgIpc) is 3.05. The third-order valence-corrected chi connectivity index (χ3v) is 6.82. The lowest BCUT2D eigenvalue weighted by atomic mass is 9.86. The highest BCUT2D eigenvalue weighted by atomic mass is 16.5. The summed E-state index contributed by atoms with van der Waals surface area (Å²) < 4.78 is 6.23. The molecule has 0 saturated heterocycles. The zero-order chi connectivity index (χ0) is 13.9. The van der Waals surface area contributed by atoms with E-state index in [1.807, 2.05) is 0 Å². The summed E-state index contributed by atoms with van der Waals surface area (Å²) in [6.07, 6.45) is 15.0. The standard InChI is InChI=1S/C19H34O/c1-14-13-17(19-10-6-9-18(14)19)11-12-20-15(2)16-7-4-3-5-8-16/h14-19H,3-13H2,1-2H3. The van der Waals surface area contributed by atoms with Crippen molar-refractivity contribution in [3.05, 3.63) is 0 Å². The first-order chi connectivity index (χ1) is 9.75. The quantitative estimate of drug-likeness (QED) is 0.651. The minimum atomic E-state index is 0.508. The molecule has 0 aromatic heterocycles. The number of hydrogen-bond acceptors (Lipinski definition) is 1. The molecule has 0 amide bonds. The molecule has 116 valence electrons. The van der Waals surface area contributed by atoms with Gasteiger partial charge >= 0.3 is 0 Å². The molecule has 0 N–H and O–H groups in total. The van der Waals surface area contributed by atoms with Gasteiger partial charge in [-0.1, -0.05) is 32.6 Å². The first kappa shape index (κ1) is 14.9. The van der Waals surface area contributed by atoms with Crippen molar-refractivity contribution in [1.82, 2.24) is 0 Å². The van der Waals surface area contributed by atoms with Gasteiger partial charge in [0, 0.05) is 6.61 Å². The summed E-state index contributed by atoms with van der Waals surface area (Å²) in [5.41, 5.74) is 0. The van der Waals surface area contributed by atoms with E-state index in [9.17, 15) is 0 Å². The molecule has 5 unspecified atom stereocenters. The van der Waals surface area contributed by atoms with Crippen LogP contribution in [0.5, 0.6) is 0 Å². The van der Waals surface area contributed by atoms with Crippen molar-refractivity contribution >= 4 is 0 Å². The van der Waals surface area contributed by atoms with Crippen LogP contribution < -0.4 is 0 Å². The Hall–Kier alpha value is -0.0400. The van der Waals surface area contributed by atoms with Crippen LogP contribution in [0.4, 0.5) is 0 Å². The minimum Gasteiger partial charge on any atom is -0.378 e. The fraction of sp³-hybridized carbons (Fsp3) is 1.00. The van der Waals surface area contributed by atoms with Crippen molar-refractivity contribution in [2.45, 2.75) is 84.2 Å². The maximum Gasteiger partial charge on any atom is 0.0575 e. The van der Waals surface area contributed by atoms with Gasteiger partial charge in [-0.15, -0.1) is 0 Å². The lowest BCUT2D eigenvalue weighted by molar-refractivity contribution is 0.00452. The van der Waals surface area contributed by atoms with Gasteiger partial charge in [0.25, 0.3) is 0 Å². The van der Waals surface area contributed by atoms with Crippen molar-refractivity contribution in [3.8, 4) is 0 Å². The number of hydrogen-bond donors (Lipinski definition) is 0. The van der Waals surface area contributed by atoms with E-state index in [-0.39, 0.29) is 0 Å². The van der Waals surface area contributed by atoms with Gasteiger partial charge in [-0.2, -0.15) is 0 Å². The van der Waals surface area contributed by atoms with E-state index in [4.69, 9.17) is 4.74 Å². The normalized spacial score (nSPS) is 39.9. The van der Waals surface area contributed by atoms with Gasteiger partial charge in [-0.05, 0) is 75.0 Å². The van der Waals surface area contributed by atoms with E-state index in [1.165, 1.54) is 64.2 Å². The van der Waals surface area contributed by atoms with Crippen molar-refractivity contribution in [3.63, 3.8) is 0 Å². The van der Waals surface area contributed by atoms with Crippen LogP contribution >= 0.6 is 0 Å². The second kappa shape index (κ2) is 6.81. The smallest absolute Gasteiger partial charge is 0.0575 e. The van der Waals surface area contributed by atoms with Crippen LogP contribution in [0.1, 0.15) is 78.1 Å². The zero-order valence-electron chi connectivity index (χ0n) is 13.7. The topological polar surface area (TPSA) is 9.23 Å². The van der Waals surface area contributed by atoms with Crippen molar-refractivity contribution in [2.75, 3.05) is 6.61 Å². The summed E-state index contributed by atoms with van der Waals surface area (Å²) in [4.78, 5) is 0. The highest BCUT2D eigenvalue weighted by Gasteiger charge is 2.42. The van der Waals surface area contributed by atoms with Gasteiger partial charge in [0.2, 0.25) is 0 Å². The third-order valence-electron chi connectivity index (χ3n) is 6.82. The van der Waals surface area contributed by atoms with Crippen molar-refractivity contribution in [1.29, 1.82) is 0 Å². The third kappa shape index (κ3) is 3.24. The predicted octanol–water partition coefficient (Wildman–Crippen LogP) is 5.43. The molecular weight excluding hydrogens is 244 g/mol. The molecule has 0 aromatic rings. The van der Waals surface area contributed by atoms with E-state index in [0.717, 1.165) is 36.2 Å². The van der Waals surface area contributed by atoms with Gasteiger partial charge in [-0.3, -0.25) is 0 Å². The maximum absolute atomic E-state index is 6.23. The monoisotopic (exact) mass is 278 g/mol. The Labute approximate surface area is 125 Å². The molecule has 20 heavy (non-hydrogen) atoms. The Morgan fingerprint density at radius 1 is 0.950 bits per heavy atom. The SMILES string of the molecule is CC1CC(CCOC(C)C2CCCCC2)C2CCCC12. The summed E-state index contributed by atoms with van der Waals surface area (Å²) >= 11 is 0. The van der Waals surface area contributed by atoms with Crippen molar-refractivity contribution in [2.24, 2.45) is 29.6 Å². The van der Waals surface area contributed by atoms with Gasteiger partial charge in [0.15, 0.2) is 0 Å². The molecule has 0 spiro atoms. The highest BCUT2D eigenvalue weighted by Crippen LogP contribution is 2.51. The summed E-state index contributed by atoms with van der Waals surface area (Å²) in [5.74, 6) is 4.94. The van der Waals surface area contributed by atoms with Gasteiger partial charge in [-0.25, -0.2) is 0 Å². The Morgan fingerprint density at radius 2 is 1.70 bits per heavy atom. The lowest BCUT2D eigenvalue weighted by Crippen LogP contribution is -2.24. The van der Waals surface area contributed by atoms with Crippen LogP contribution in [-0.2, 0) is 4.74 Å². The second-order valence-corrected chi connectivity index (χ2v) is 7.99. The molecular formula is C19H34O. The Bertz CT molecular complexity index is 294. The fourth-order valence-corrected chi connectivity index (χ4v) is 5.61. The number of rotatable bonds is 5. The summed E-state index contributed by atoms with van der Waals surface area (Å²) in [6.45, 7) is 5.85. The van der Waals surface area contributed by atoms with E-state index < -0.39 is 0 Å². The molecule has 3 fully saturated rings. The Kier molecular flexibility index (Phi) is 5.07. The summed E-state index contributed by atoms with van der Waals surface area (Å²) in [7, 11) is 0. The molecule has 1 heteroatoms. The number of ether oxygens (including phenoxy) is 1. The van der Waals surface area contributed by atoms with Crippen LogP contribution in [0.2, 0.25) is 0 Å². The van der Waals surface area contributed by atoms with E-state index >= 15 is 0 Å². The first-order valence-electron chi connectivity index (χ1n) is 9.37. The molecule has 1 nitrogen and oxygen atoms in total. The lowest BCUT2D eigenvalue weighted by Gasteiger charge is -2.28. The molecule has 0 aromatic carbocycles. The van der Waals surface area contributed by atoms with Crippen LogP contribution in [0.3, 0.4) is 0 Å². The minimum absolute atomic E-state index is 0.508. The van der Waals surface area contributed by atoms with Crippen LogP contribution in [-0.4, -0.2) is 12.7 Å². The molecule has 3 aliphatic rings. The maximum atomic E-state index is 6.23. The summed E-state index contributed by atoms with van der Waals surface area (Å²) in [6, 6.07) is 0. The van der Waals surface area contributed by atoms with Gasteiger partial charge < -0.3 is 4.74 Å². The fourth-order valence-electron chi connectivity index (χ4n) is 5.61.